The molecule has 1 amide bonds. The summed E-state index contributed by atoms with van der Waals surface area (Å²) in [7, 11) is 1.63. The van der Waals surface area contributed by atoms with Crippen molar-refractivity contribution in [3.05, 3.63) is 65.4 Å². The van der Waals surface area contributed by atoms with Crippen molar-refractivity contribution < 1.29 is 9.53 Å². The van der Waals surface area contributed by atoms with Gasteiger partial charge in [-0.2, -0.15) is 0 Å². The molecular weight excluding hydrogens is 404 g/mol. The normalized spacial score (nSPS) is 11.3. The van der Waals surface area contributed by atoms with Gasteiger partial charge in [-0.05, 0) is 36.1 Å². The highest BCUT2D eigenvalue weighted by Crippen LogP contribution is 2.34. The number of methoxy groups -OCH3 is 1. The number of aryl methyl sites for hydroxylation is 1. The average molecular weight is 425 g/mol. The molecule has 3 aromatic heterocycles. The standard InChI is InChI=1S/C21H20N4O2S2/c1-27-17-6-2-7-18-20(17)23-21(29-18)25(12-4-11-24-13-10-22-15-24)19(26)9-8-16-5-3-14-28-16/h2-3,5-10,13-15H,4,11-12H2,1H3/b9-8+. The van der Waals surface area contributed by atoms with Gasteiger partial charge in [-0.3, -0.25) is 9.69 Å². The van der Waals surface area contributed by atoms with Crippen molar-refractivity contribution in [3.63, 3.8) is 0 Å². The fourth-order valence-corrected chi connectivity index (χ4v) is 4.58. The van der Waals surface area contributed by atoms with Gasteiger partial charge < -0.3 is 9.30 Å². The summed E-state index contributed by atoms with van der Waals surface area (Å²) in [4.78, 5) is 24.6. The third kappa shape index (κ3) is 4.55. The second-order valence-electron chi connectivity index (χ2n) is 6.30. The number of thiophene rings is 1. The van der Waals surface area contributed by atoms with Crippen LogP contribution in [0.1, 0.15) is 11.3 Å². The van der Waals surface area contributed by atoms with Gasteiger partial charge in [0.15, 0.2) is 5.13 Å². The number of carbonyl (C=O) groups excluding carboxylic acids is 1. The summed E-state index contributed by atoms with van der Waals surface area (Å²) in [6.07, 6.45) is 9.72. The molecule has 0 aliphatic rings. The number of aromatic nitrogens is 3. The molecule has 0 saturated carbocycles. The molecule has 8 heteroatoms. The van der Waals surface area contributed by atoms with E-state index in [1.165, 1.54) is 11.3 Å². The summed E-state index contributed by atoms with van der Waals surface area (Å²) in [5.41, 5.74) is 0.782. The second-order valence-corrected chi connectivity index (χ2v) is 8.28. The smallest absolute Gasteiger partial charge is 0.252 e. The molecule has 0 bridgehead atoms. The van der Waals surface area contributed by atoms with Gasteiger partial charge in [0, 0.05) is 36.4 Å². The molecular formula is C21H20N4O2S2. The van der Waals surface area contributed by atoms with E-state index < -0.39 is 0 Å². The highest BCUT2D eigenvalue weighted by Gasteiger charge is 2.19. The summed E-state index contributed by atoms with van der Waals surface area (Å²) in [6.45, 7) is 1.35. The highest BCUT2D eigenvalue weighted by atomic mass is 32.1. The largest absolute Gasteiger partial charge is 0.494 e. The predicted molar refractivity (Wildman–Crippen MR) is 119 cm³/mol. The first-order valence-corrected chi connectivity index (χ1v) is 10.9. The van der Waals surface area contributed by atoms with E-state index in [1.807, 2.05) is 52.6 Å². The second kappa shape index (κ2) is 9.02. The zero-order chi connectivity index (χ0) is 20.1. The Kier molecular flexibility index (Phi) is 6.02. The molecule has 4 aromatic rings. The monoisotopic (exact) mass is 424 g/mol. The van der Waals surface area contributed by atoms with Crippen LogP contribution in [-0.2, 0) is 11.3 Å². The first-order chi connectivity index (χ1) is 14.2. The van der Waals surface area contributed by atoms with E-state index >= 15 is 0 Å². The van der Waals surface area contributed by atoms with Crippen molar-refractivity contribution in [1.29, 1.82) is 0 Å². The average Bonchev–Trinajstić information content (AvgIpc) is 3.50. The maximum Gasteiger partial charge on any atom is 0.252 e. The summed E-state index contributed by atoms with van der Waals surface area (Å²) in [5, 5.41) is 2.67. The molecule has 0 N–H and O–H groups in total. The van der Waals surface area contributed by atoms with Gasteiger partial charge in [-0.1, -0.05) is 23.5 Å². The van der Waals surface area contributed by atoms with Crippen molar-refractivity contribution >= 4 is 50.0 Å². The lowest BCUT2D eigenvalue weighted by Gasteiger charge is -2.18. The zero-order valence-corrected chi connectivity index (χ0v) is 17.5. The molecule has 0 radical (unpaired) electrons. The lowest BCUT2D eigenvalue weighted by molar-refractivity contribution is -0.114. The quantitative estimate of drug-likeness (QED) is 0.385. The van der Waals surface area contributed by atoms with E-state index in [4.69, 9.17) is 9.72 Å². The maximum atomic E-state index is 13.0. The van der Waals surface area contributed by atoms with Crippen molar-refractivity contribution in [1.82, 2.24) is 14.5 Å². The summed E-state index contributed by atoms with van der Waals surface area (Å²) < 4.78 is 8.43. The summed E-state index contributed by atoms with van der Waals surface area (Å²) in [5.74, 6) is 0.631. The molecule has 29 heavy (non-hydrogen) atoms. The van der Waals surface area contributed by atoms with Gasteiger partial charge in [0.2, 0.25) is 0 Å². The topological polar surface area (TPSA) is 60.2 Å². The molecule has 0 fully saturated rings. The van der Waals surface area contributed by atoms with E-state index in [9.17, 15) is 4.79 Å². The number of nitrogens with zero attached hydrogens (tertiary/aromatic N) is 4. The molecule has 148 valence electrons. The molecule has 1 aromatic carbocycles. The highest BCUT2D eigenvalue weighted by molar-refractivity contribution is 7.22. The van der Waals surface area contributed by atoms with Crippen molar-refractivity contribution in [2.45, 2.75) is 13.0 Å². The van der Waals surface area contributed by atoms with E-state index in [2.05, 4.69) is 4.98 Å². The minimum atomic E-state index is -0.0814. The number of hydrogen-bond acceptors (Lipinski definition) is 6. The van der Waals surface area contributed by atoms with Crippen LogP contribution in [0.4, 0.5) is 5.13 Å². The number of amides is 1. The number of hydrogen-bond donors (Lipinski definition) is 0. The number of para-hydroxylation sites is 1. The van der Waals surface area contributed by atoms with Gasteiger partial charge in [0.1, 0.15) is 11.3 Å². The number of imidazole rings is 1. The van der Waals surface area contributed by atoms with Crippen molar-refractivity contribution in [3.8, 4) is 5.75 Å². The van der Waals surface area contributed by atoms with Crippen LogP contribution < -0.4 is 9.64 Å². The number of thiazole rings is 1. The SMILES string of the molecule is COc1cccc2sc(N(CCCn3ccnc3)C(=O)/C=C/c3cccs3)nc12. The van der Waals surface area contributed by atoms with Crippen LogP contribution in [0.5, 0.6) is 5.75 Å². The van der Waals surface area contributed by atoms with Gasteiger partial charge in [0.05, 0.1) is 18.1 Å². The Bertz CT molecular complexity index is 1100. The Morgan fingerprint density at radius 3 is 3.00 bits per heavy atom. The fourth-order valence-electron chi connectivity index (χ4n) is 2.95. The molecule has 0 spiro atoms. The van der Waals surface area contributed by atoms with Crippen LogP contribution in [0.2, 0.25) is 0 Å². The number of anilines is 1. The molecule has 3 heterocycles. The molecule has 0 atom stereocenters. The number of ether oxygens (including phenoxy) is 1. The van der Waals surface area contributed by atoms with Gasteiger partial charge >= 0.3 is 0 Å². The Hall–Kier alpha value is -2.97. The van der Waals surface area contributed by atoms with Gasteiger partial charge in [0.25, 0.3) is 5.91 Å². The van der Waals surface area contributed by atoms with Crippen LogP contribution in [0, 0.1) is 0 Å². The number of fused-ring (bicyclic) bond motifs is 1. The molecule has 6 nitrogen and oxygen atoms in total. The van der Waals surface area contributed by atoms with Crippen molar-refractivity contribution in [2.75, 3.05) is 18.6 Å². The van der Waals surface area contributed by atoms with Gasteiger partial charge in [-0.15, -0.1) is 11.3 Å². The number of benzene rings is 1. The maximum absolute atomic E-state index is 13.0. The minimum Gasteiger partial charge on any atom is -0.494 e. The molecule has 0 aliphatic carbocycles. The Balaban J connectivity index is 1.59. The zero-order valence-electron chi connectivity index (χ0n) is 15.9. The Morgan fingerprint density at radius 1 is 1.31 bits per heavy atom. The number of rotatable bonds is 8. The molecule has 0 saturated heterocycles. The lowest BCUT2D eigenvalue weighted by Crippen LogP contribution is -2.30. The van der Waals surface area contributed by atoms with E-state index in [0.717, 1.165) is 28.1 Å². The molecule has 4 rings (SSSR count). The van der Waals surface area contributed by atoms with Gasteiger partial charge in [-0.25, -0.2) is 9.97 Å². The summed E-state index contributed by atoms with van der Waals surface area (Å²) in [6, 6.07) is 9.77. The van der Waals surface area contributed by atoms with Crippen LogP contribution >= 0.6 is 22.7 Å². The Labute approximate surface area is 176 Å². The third-order valence-corrected chi connectivity index (χ3v) is 6.26. The number of carbonyl (C=O) groups is 1. The van der Waals surface area contributed by atoms with E-state index in [-0.39, 0.29) is 5.91 Å². The first-order valence-electron chi connectivity index (χ1n) is 9.17. The van der Waals surface area contributed by atoms with E-state index in [1.54, 1.807) is 41.9 Å². The van der Waals surface area contributed by atoms with Crippen molar-refractivity contribution in [2.24, 2.45) is 0 Å². The first kappa shape index (κ1) is 19.4. The third-order valence-electron chi connectivity index (χ3n) is 4.38. The Morgan fingerprint density at radius 2 is 2.24 bits per heavy atom. The molecule has 0 aliphatic heterocycles. The van der Waals surface area contributed by atoms with E-state index in [0.29, 0.717) is 17.4 Å². The van der Waals surface area contributed by atoms with Crippen LogP contribution in [-0.4, -0.2) is 34.1 Å². The predicted octanol–water partition coefficient (Wildman–Crippen LogP) is 4.70. The lowest BCUT2D eigenvalue weighted by atomic mass is 10.3. The van der Waals surface area contributed by atoms with Crippen LogP contribution in [0.3, 0.4) is 0 Å². The fraction of sp³-hybridized carbons (Fsp3) is 0.190. The minimum absolute atomic E-state index is 0.0814. The summed E-state index contributed by atoms with van der Waals surface area (Å²) >= 11 is 3.10. The van der Waals surface area contributed by atoms with Crippen LogP contribution in [0.25, 0.3) is 16.3 Å². The molecule has 0 unspecified atom stereocenters. The van der Waals surface area contributed by atoms with Crippen LogP contribution in [0.15, 0.2) is 60.5 Å².